The molecule has 0 aromatic heterocycles. The molecule has 1 atom stereocenters. The van der Waals surface area contributed by atoms with Gasteiger partial charge in [-0.1, -0.05) is 58.1 Å². The zero-order chi connectivity index (χ0) is 15.3. The highest BCUT2D eigenvalue weighted by Crippen LogP contribution is 2.18. The summed E-state index contributed by atoms with van der Waals surface area (Å²) in [6.45, 7) is 8.54. The van der Waals surface area contributed by atoms with E-state index >= 15 is 0 Å². The lowest BCUT2D eigenvalue weighted by Gasteiger charge is -2.15. The largest absolute Gasteiger partial charge is 0.494 e. The molecule has 2 heteroatoms. The van der Waals surface area contributed by atoms with E-state index in [2.05, 4.69) is 50.4 Å². The highest BCUT2D eigenvalue weighted by molar-refractivity contribution is 5.28. The molecular formula is C19H33NO. The van der Waals surface area contributed by atoms with Crippen molar-refractivity contribution < 1.29 is 4.74 Å². The normalized spacial score (nSPS) is 12.3. The molecule has 1 N–H and O–H groups in total. The number of benzene rings is 1. The van der Waals surface area contributed by atoms with Crippen molar-refractivity contribution in [1.29, 1.82) is 0 Å². The second-order valence-corrected chi connectivity index (χ2v) is 5.86. The summed E-state index contributed by atoms with van der Waals surface area (Å²) in [5.41, 5.74) is 1.34. The minimum absolute atomic E-state index is 0.417. The predicted molar refractivity (Wildman–Crippen MR) is 92.0 cm³/mol. The second kappa shape index (κ2) is 11.6. The lowest BCUT2D eigenvalue weighted by molar-refractivity contribution is 0.317. The number of ether oxygens (including phenoxy) is 1. The molecule has 0 aliphatic heterocycles. The Morgan fingerprint density at radius 1 is 0.905 bits per heavy atom. The molecule has 0 aliphatic rings. The monoisotopic (exact) mass is 291 g/mol. The van der Waals surface area contributed by atoms with Gasteiger partial charge in [0.25, 0.3) is 0 Å². The van der Waals surface area contributed by atoms with Crippen molar-refractivity contribution >= 4 is 0 Å². The van der Waals surface area contributed by atoms with Crippen LogP contribution in [0.5, 0.6) is 5.75 Å². The zero-order valence-corrected chi connectivity index (χ0v) is 14.2. The number of nitrogens with one attached hydrogen (secondary N) is 1. The van der Waals surface area contributed by atoms with Crippen LogP contribution in [0.1, 0.15) is 77.3 Å². The molecule has 2 nitrogen and oxygen atoms in total. The van der Waals surface area contributed by atoms with Gasteiger partial charge in [-0.2, -0.15) is 0 Å². The summed E-state index contributed by atoms with van der Waals surface area (Å²) in [4.78, 5) is 0. The molecule has 0 bridgehead atoms. The fourth-order valence-corrected chi connectivity index (χ4v) is 2.41. The fraction of sp³-hybridized carbons (Fsp3) is 0.684. The summed E-state index contributed by atoms with van der Waals surface area (Å²) in [7, 11) is 0. The van der Waals surface area contributed by atoms with E-state index in [1.165, 1.54) is 44.1 Å². The minimum Gasteiger partial charge on any atom is -0.494 e. The predicted octanol–water partition coefficient (Wildman–Crippen LogP) is 5.49. The molecule has 0 heterocycles. The Bertz CT molecular complexity index is 347. The number of rotatable bonds is 12. The first-order valence-corrected chi connectivity index (χ1v) is 8.74. The Kier molecular flexibility index (Phi) is 9.98. The van der Waals surface area contributed by atoms with Crippen LogP contribution in [0.2, 0.25) is 0 Å². The van der Waals surface area contributed by atoms with Crippen molar-refractivity contribution in [3.8, 4) is 5.75 Å². The molecule has 0 spiro atoms. The molecule has 1 unspecified atom stereocenters. The maximum absolute atomic E-state index is 5.61. The summed E-state index contributed by atoms with van der Waals surface area (Å²) >= 11 is 0. The average molecular weight is 291 g/mol. The molecule has 0 saturated heterocycles. The third-order valence-corrected chi connectivity index (χ3v) is 3.83. The molecule has 1 aromatic rings. The average Bonchev–Trinajstić information content (AvgIpc) is 2.52. The molecule has 0 fully saturated rings. The van der Waals surface area contributed by atoms with Crippen LogP contribution >= 0.6 is 0 Å². The standard InChI is InChI=1S/C19H33NO/c1-4-6-7-8-9-10-15-20-17(3)18-11-13-19(14-12-18)21-16-5-2/h11-14,17,20H,4-10,15-16H2,1-3H3. The van der Waals surface area contributed by atoms with Gasteiger partial charge in [0.2, 0.25) is 0 Å². The lowest BCUT2D eigenvalue weighted by atomic mass is 10.1. The third kappa shape index (κ3) is 8.11. The number of unbranched alkanes of at least 4 members (excludes halogenated alkanes) is 5. The van der Waals surface area contributed by atoms with Gasteiger partial charge < -0.3 is 10.1 Å². The van der Waals surface area contributed by atoms with Crippen molar-refractivity contribution in [1.82, 2.24) is 5.32 Å². The maximum Gasteiger partial charge on any atom is 0.119 e. The molecule has 21 heavy (non-hydrogen) atoms. The molecule has 1 rings (SSSR count). The van der Waals surface area contributed by atoms with Gasteiger partial charge in [0.15, 0.2) is 0 Å². The van der Waals surface area contributed by atoms with E-state index in [0.29, 0.717) is 6.04 Å². The van der Waals surface area contributed by atoms with Crippen molar-refractivity contribution in [2.75, 3.05) is 13.2 Å². The minimum atomic E-state index is 0.417. The van der Waals surface area contributed by atoms with Crippen LogP contribution in [-0.4, -0.2) is 13.2 Å². The van der Waals surface area contributed by atoms with E-state index < -0.39 is 0 Å². The summed E-state index contributed by atoms with van der Waals surface area (Å²) < 4.78 is 5.61. The molecule has 0 saturated carbocycles. The van der Waals surface area contributed by atoms with E-state index in [-0.39, 0.29) is 0 Å². The van der Waals surface area contributed by atoms with Crippen LogP contribution in [0.25, 0.3) is 0 Å². The van der Waals surface area contributed by atoms with Gasteiger partial charge in [-0.25, -0.2) is 0 Å². The highest BCUT2D eigenvalue weighted by Gasteiger charge is 2.04. The summed E-state index contributed by atoms with van der Waals surface area (Å²) in [5, 5.41) is 3.61. The topological polar surface area (TPSA) is 21.3 Å². The van der Waals surface area contributed by atoms with E-state index in [0.717, 1.165) is 25.3 Å². The Morgan fingerprint density at radius 3 is 2.24 bits per heavy atom. The van der Waals surface area contributed by atoms with Gasteiger partial charge in [0, 0.05) is 6.04 Å². The lowest BCUT2D eigenvalue weighted by Crippen LogP contribution is -2.19. The van der Waals surface area contributed by atoms with E-state index in [9.17, 15) is 0 Å². The molecule has 0 aliphatic carbocycles. The van der Waals surface area contributed by atoms with Crippen LogP contribution in [-0.2, 0) is 0 Å². The highest BCUT2D eigenvalue weighted by atomic mass is 16.5. The summed E-state index contributed by atoms with van der Waals surface area (Å²) in [5.74, 6) is 0.976. The molecular weight excluding hydrogens is 258 g/mol. The van der Waals surface area contributed by atoms with Crippen molar-refractivity contribution in [3.63, 3.8) is 0 Å². The fourth-order valence-electron chi connectivity index (χ4n) is 2.41. The van der Waals surface area contributed by atoms with Crippen LogP contribution in [0.4, 0.5) is 0 Å². The van der Waals surface area contributed by atoms with Gasteiger partial charge in [0.1, 0.15) is 5.75 Å². The first-order chi connectivity index (χ1) is 10.3. The summed E-state index contributed by atoms with van der Waals surface area (Å²) in [6, 6.07) is 8.91. The van der Waals surface area contributed by atoms with Gasteiger partial charge in [-0.05, 0) is 44.0 Å². The van der Waals surface area contributed by atoms with E-state index in [1.54, 1.807) is 0 Å². The molecule has 0 amide bonds. The molecule has 120 valence electrons. The first-order valence-electron chi connectivity index (χ1n) is 8.74. The maximum atomic E-state index is 5.61. The van der Waals surface area contributed by atoms with Crippen LogP contribution in [0, 0.1) is 0 Å². The van der Waals surface area contributed by atoms with Gasteiger partial charge in [-0.3, -0.25) is 0 Å². The van der Waals surface area contributed by atoms with E-state index in [1.807, 2.05) is 0 Å². The summed E-state index contributed by atoms with van der Waals surface area (Å²) in [6.07, 6.45) is 9.18. The molecule has 0 radical (unpaired) electrons. The Balaban J connectivity index is 2.17. The Morgan fingerprint density at radius 2 is 1.57 bits per heavy atom. The van der Waals surface area contributed by atoms with Gasteiger partial charge >= 0.3 is 0 Å². The smallest absolute Gasteiger partial charge is 0.119 e. The number of hydrogen-bond acceptors (Lipinski definition) is 2. The second-order valence-electron chi connectivity index (χ2n) is 5.86. The van der Waals surface area contributed by atoms with Gasteiger partial charge in [0.05, 0.1) is 6.61 Å². The SMILES string of the molecule is CCCCCCCCNC(C)c1ccc(OCCC)cc1. The molecule has 1 aromatic carbocycles. The first kappa shape index (κ1) is 18.0. The van der Waals surface area contributed by atoms with Crippen molar-refractivity contribution in [3.05, 3.63) is 29.8 Å². The van der Waals surface area contributed by atoms with Gasteiger partial charge in [-0.15, -0.1) is 0 Å². The third-order valence-electron chi connectivity index (χ3n) is 3.83. The Hall–Kier alpha value is -1.02. The van der Waals surface area contributed by atoms with Crippen LogP contribution in [0.3, 0.4) is 0 Å². The van der Waals surface area contributed by atoms with Crippen LogP contribution < -0.4 is 10.1 Å². The number of hydrogen-bond donors (Lipinski definition) is 1. The van der Waals surface area contributed by atoms with Crippen LogP contribution in [0.15, 0.2) is 24.3 Å². The zero-order valence-electron chi connectivity index (χ0n) is 14.2. The van der Waals surface area contributed by atoms with Crippen molar-refractivity contribution in [2.45, 2.75) is 71.8 Å². The van der Waals surface area contributed by atoms with Crippen molar-refractivity contribution in [2.24, 2.45) is 0 Å². The van der Waals surface area contributed by atoms with E-state index in [4.69, 9.17) is 4.74 Å². The quantitative estimate of drug-likeness (QED) is 0.514. The Labute approximate surface area is 131 Å².